The van der Waals surface area contributed by atoms with E-state index in [0.717, 1.165) is 18.3 Å². The van der Waals surface area contributed by atoms with Crippen LogP contribution in [0.1, 0.15) is 47.5 Å². The van der Waals surface area contributed by atoms with Gasteiger partial charge in [-0.25, -0.2) is 0 Å². The van der Waals surface area contributed by atoms with E-state index in [0.29, 0.717) is 0 Å². The largest absolute Gasteiger partial charge is 0.126 e. The van der Waals surface area contributed by atoms with E-state index in [1.807, 2.05) is 0 Å². The van der Waals surface area contributed by atoms with Crippen LogP contribution in [-0.2, 0) is 0 Å². The van der Waals surface area contributed by atoms with Gasteiger partial charge in [0.2, 0.25) is 0 Å². The lowest BCUT2D eigenvalue weighted by Gasteiger charge is -2.14. The Morgan fingerprint density at radius 3 is 2.33 bits per heavy atom. The third-order valence-corrected chi connectivity index (χ3v) is 2.32. The molecule has 1 atom stereocenters. The second-order valence-electron chi connectivity index (χ2n) is 3.96. The first-order valence-electron chi connectivity index (χ1n) is 4.98. The summed E-state index contributed by atoms with van der Waals surface area (Å²) in [6.45, 7) is 11.2. The molecule has 0 aliphatic carbocycles. The molecule has 0 aromatic carbocycles. The van der Waals surface area contributed by atoms with Crippen molar-refractivity contribution in [3.8, 4) is 0 Å². The van der Waals surface area contributed by atoms with Crippen LogP contribution >= 0.6 is 0 Å². The van der Waals surface area contributed by atoms with Crippen molar-refractivity contribution in [2.24, 2.45) is 11.8 Å². The average molecular weight is 166 g/mol. The fourth-order valence-electron chi connectivity index (χ4n) is 1.05. The number of rotatable bonds is 4. The molecule has 0 aromatic rings. The molecule has 0 amide bonds. The molecule has 0 saturated heterocycles. The van der Waals surface area contributed by atoms with Crippen molar-refractivity contribution >= 4 is 0 Å². The van der Waals surface area contributed by atoms with Crippen molar-refractivity contribution in [2.45, 2.75) is 47.5 Å². The van der Waals surface area contributed by atoms with Gasteiger partial charge in [0.05, 0.1) is 0 Å². The van der Waals surface area contributed by atoms with Crippen LogP contribution in [0.4, 0.5) is 0 Å². The summed E-state index contributed by atoms with van der Waals surface area (Å²) in [5, 5.41) is 0. The Balaban J connectivity index is 4.00. The Kier molecular flexibility index (Phi) is 5.84. The smallest absolute Gasteiger partial charge is 0.0218 e. The lowest BCUT2D eigenvalue weighted by Crippen LogP contribution is -2.03. The quantitative estimate of drug-likeness (QED) is 0.550. The van der Waals surface area contributed by atoms with Gasteiger partial charge in [0, 0.05) is 0 Å². The summed E-state index contributed by atoms with van der Waals surface area (Å²) >= 11 is 0. The van der Waals surface area contributed by atoms with E-state index in [2.05, 4.69) is 46.4 Å². The zero-order valence-corrected chi connectivity index (χ0v) is 9.15. The van der Waals surface area contributed by atoms with Crippen LogP contribution in [0, 0.1) is 11.8 Å². The SMILES string of the molecule is CCC=C=C(C)CC(C)C(C)C. The minimum absolute atomic E-state index is 0.780. The van der Waals surface area contributed by atoms with Crippen LogP contribution < -0.4 is 0 Å². The first-order valence-corrected chi connectivity index (χ1v) is 4.98. The first-order chi connectivity index (χ1) is 5.57. The fraction of sp³-hybridized carbons (Fsp3) is 0.750. The fourth-order valence-corrected chi connectivity index (χ4v) is 1.05. The standard InChI is InChI=1S/C12H22/c1-6-7-8-11(4)9-12(5)10(2)3/h7,10,12H,6,9H2,1-5H3. The average Bonchev–Trinajstić information content (AvgIpc) is 2.00. The predicted octanol–water partition coefficient (Wildman–Crippen LogP) is 4.18. The Morgan fingerprint density at radius 1 is 1.33 bits per heavy atom. The van der Waals surface area contributed by atoms with Gasteiger partial charge in [-0.1, -0.05) is 27.7 Å². The molecule has 1 unspecified atom stereocenters. The molecule has 0 aliphatic rings. The van der Waals surface area contributed by atoms with Crippen molar-refractivity contribution in [1.82, 2.24) is 0 Å². The van der Waals surface area contributed by atoms with Gasteiger partial charge in [-0.2, -0.15) is 0 Å². The van der Waals surface area contributed by atoms with Crippen LogP contribution in [0.3, 0.4) is 0 Å². The normalized spacial score (nSPS) is 12.5. The van der Waals surface area contributed by atoms with Crippen molar-refractivity contribution in [2.75, 3.05) is 0 Å². The molecule has 0 saturated carbocycles. The zero-order valence-electron chi connectivity index (χ0n) is 9.15. The van der Waals surface area contributed by atoms with Crippen LogP contribution in [0.15, 0.2) is 17.4 Å². The molecule has 0 heteroatoms. The van der Waals surface area contributed by atoms with E-state index in [4.69, 9.17) is 0 Å². The van der Waals surface area contributed by atoms with Gasteiger partial charge >= 0.3 is 0 Å². The van der Waals surface area contributed by atoms with Gasteiger partial charge in [-0.05, 0) is 43.3 Å². The third-order valence-electron chi connectivity index (χ3n) is 2.32. The van der Waals surface area contributed by atoms with Crippen molar-refractivity contribution in [3.63, 3.8) is 0 Å². The summed E-state index contributed by atoms with van der Waals surface area (Å²) in [6.07, 6.45) is 4.39. The summed E-state index contributed by atoms with van der Waals surface area (Å²) in [7, 11) is 0. The van der Waals surface area contributed by atoms with Crippen molar-refractivity contribution < 1.29 is 0 Å². The monoisotopic (exact) mass is 166 g/mol. The minimum atomic E-state index is 0.780. The van der Waals surface area contributed by atoms with E-state index in [-0.39, 0.29) is 0 Å². The molecule has 0 N–H and O–H groups in total. The van der Waals surface area contributed by atoms with E-state index in [9.17, 15) is 0 Å². The molecule has 0 heterocycles. The maximum atomic E-state index is 3.31. The van der Waals surface area contributed by atoms with E-state index < -0.39 is 0 Å². The Labute approximate surface area is 77.4 Å². The number of allylic oxidation sites excluding steroid dienone is 1. The van der Waals surface area contributed by atoms with Crippen LogP contribution in [0.25, 0.3) is 0 Å². The molecule has 0 radical (unpaired) electrons. The van der Waals surface area contributed by atoms with Gasteiger partial charge in [0.15, 0.2) is 0 Å². The van der Waals surface area contributed by atoms with Gasteiger partial charge in [-0.15, -0.1) is 5.73 Å². The van der Waals surface area contributed by atoms with E-state index in [1.165, 1.54) is 12.0 Å². The second-order valence-corrected chi connectivity index (χ2v) is 3.96. The minimum Gasteiger partial charge on any atom is -0.126 e. The highest BCUT2D eigenvalue weighted by Gasteiger charge is 2.06. The molecule has 0 spiro atoms. The van der Waals surface area contributed by atoms with Gasteiger partial charge < -0.3 is 0 Å². The molecule has 0 rings (SSSR count). The summed E-state index contributed by atoms with van der Waals surface area (Å²) in [5.41, 5.74) is 4.70. The Morgan fingerprint density at radius 2 is 1.92 bits per heavy atom. The van der Waals surface area contributed by atoms with Crippen LogP contribution in [0.5, 0.6) is 0 Å². The lowest BCUT2D eigenvalue weighted by molar-refractivity contribution is 0.416. The van der Waals surface area contributed by atoms with Crippen molar-refractivity contribution in [1.29, 1.82) is 0 Å². The van der Waals surface area contributed by atoms with Crippen LogP contribution in [0.2, 0.25) is 0 Å². The van der Waals surface area contributed by atoms with Gasteiger partial charge in [0.25, 0.3) is 0 Å². The zero-order chi connectivity index (χ0) is 9.56. The molecule has 12 heavy (non-hydrogen) atoms. The molecule has 70 valence electrons. The Hall–Kier alpha value is -0.480. The molecule has 0 fully saturated rings. The predicted molar refractivity (Wildman–Crippen MR) is 56.2 cm³/mol. The highest BCUT2D eigenvalue weighted by Crippen LogP contribution is 2.18. The maximum Gasteiger partial charge on any atom is -0.0218 e. The lowest BCUT2D eigenvalue weighted by atomic mass is 9.92. The highest BCUT2D eigenvalue weighted by atomic mass is 14.1. The number of hydrogen-bond acceptors (Lipinski definition) is 0. The molecule has 0 bridgehead atoms. The van der Waals surface area contributed by atoms with Crippen LogP contribution in [-0.4, -0.2) is 0 Å². The van der Waals surface area contributed by atoms with Gasteiger partial charge in [-0.3, -0.25) is 0 Å². The van der Waals surface area contributed by atoms with E-state index in [1.54, 1.807) is 0 Å². The third kappa shape index (κ3) is 5.21. The highest BCUT2D eigenvalue weighted by molar-refractivity contribution is 4.99. The summed E-state index contributed by atoms with van der Waals surface area (Å²) < 4.78 is 0. The molecular weight excluding hydrogens is 144 g/mol. The van der Waals surface area contributed by atoms with Gasteiger partial charge in [0.1, 0.15) is 0 Å². The molecule has 0 aromatic heterocycles. The van der Waals surface area contributed by atoms with E-state index >= 15 is 0 Å². The summed E-state index contributed by atoms with van der Waals surface area (Å²) in [5.74, 6) is 1.56. The summed E-state index contributed by atoms with van der Waals surface area (Å²) in [6, 6.07) is 0. The molecule has 0 aliphatic heterocycles. The summed E-state index contributed by atoms with van der Waals surface area (Å²) in [4.78, 5) is 0. The second kappa shape index (κ2) is 6.08. The Bertz CT molecular complexity index is 168. The topological polar surface area (TPSA) is 0 Å². The molecule has 0 nitrogen and oxygen atoms in total. The molecular formula is C12H22. The first kappa shape index (κ1) is 11.5. The maximum absolute atomic E-state index is 3.31. The van der Waals surface area contributed by atoms with Crippen molar-refractivity contribution in [3.05, 3.63) is 17.4 Å². The number of hydrogen-bond donors (Lipinski definition) is 0.